The van der Waals surface area contributed by atoms with Gasteiger partial charge in [-0.15, -0.1) is 0 Å². The van der Waals surface area contributed by atoms with Crippen molar-refractivity contribution in [3.63, 3.8) is 0 Å². The Morgan fingerprint density at radius 1 is 1.00 bits per heavy atom. The number of esters is 2. The molecule has 1 aliphatic heterocycles. The molecule has 52 heavy (non-hydrogen) atoms. The van der Waals surface area contributed by atoms with Gasteiger partial charge in [0.05, 0.1) is 24.4 Å². The lowest BCUT2D eigenvalue weighted by Crippen LogP contribution is -2.75. The van der Waals surface area contributed by atoms with E-state index in [2.05, 4.69) is 0 Å². The molecule has 1 saturated carbocycles. The molecule has 2 aliphatic carbocycles. The van der Waals surface area contributed by atoms with Gasteiger partial charge in [-0.25, -0.2) is 4.79 Å². The van der Waals surface area contributed by atoms with Gasteiger partial charge in [-0.2, -0.15) is 0 Å². The highest BCUT2D eigenvalue weighted by atomic mass is 16.6. The van der Waals surface area contributed by atoms with Gasteiger partial charge in [-0.05, 0) is 36.5 Å². The van der Waals surface area contributed by atoms with Gasteiger partial charge in [0, 0.05) is 49.0 Å². The molecule has 2 aromatic rings. The Morgan fingerprint density at radius 2 is 1.60 bits per heavy atom. The summed E-state index contributed by atoms with van der Waals surface area (Å²) in [6, 6.07) is 15.8. The van der Waals surface area contributed by atoms with Crippen LogP contribution in [0.25, 0.3) is 0 Å². The summed E-state index contributed by atoms with van der Waals surface area (Å²) in [7, 11) is 0. The van der Waals surface area contributed by atoms with Gasteiger partial charge in [-0.3, -0.25) is 14.4 Å². The zero-order valence-corrected chi connectivity index (χ0v) is 30.5. The topological polar surface area (TPSA) is 203 Å². The highest BCUT2D eigenvalue weighted by Gasteiger charge is 2.69. The summed E-state index contributed by atoms with van der Waals surface area (Å²) < 4.78 is 17.9. The summed E-state index contributed by atoms with van der Waals surface area (Å²) in [6.07, 6.45) is -7.06. The van der Waals surface area contributed by atoms with E-state index in [1.165, 1.54) is 13.8 Å². The van der Waals surface area contributed by atoms with E-state index in [9.17, 15) is 39.6 Å². The predicted molar refractivity (Wildman–Crippen MR) is 188 cm³/mol. The molecule has 1 heterocycles. The summed E-state index contributed by atoms with van der Waals surface area (Å²) in [5.74, 6) is -5.36. The van der Waals surface area contributed by atoms with Crippen molar-refractivity contribution in [3.05, 3.63) is 82.9 Å². The quantitative estimate of drug-likeness (QED) is 0.122. The number of fused-ring (bicyclic) bond motifs is 1. The van der Waals surface area contributed by atoms with Crippen molar-refractivity contribution < 1.29 is 53.8 Å². The third kappa shape index (κ3) is 6.88. The normalized spacial score (nSPS) is 31.9. The number of benzene rings is 2. The molecule has 0 aromatic heterocycles. The molecule has 1 unspecified atom stereocenters. The van der Waals surface area contributed by atoms with E-state index in [0.29, 0.717) is 11.1 Å². The van der Waals surface area contributed by atoms with E-state index in [-0.39, 0.29) is 42.8 Å². The Balaban J connectivity index is 1.67. The molecule has 12 heteroatoms. The summed E-state index contributed by atoms with van der Waals surface area (Å²) in [6.45, 7) is 9.04. The van der Waals surface area contributed by atoms with E-state index in [4.69, 9.17) is 19.9 Å². The fourth-order valence-electron chi connectivity index (χ4n) is 9.04. The van der Waals surface area contributed by atoms with Gasteiger partial charge >= 0.3 is 11.9 Å². The van der Waals surface area contributed by atoms with E-state index in [0.717, 1.165) is 0 Å². The number of aliphatic hydroxyl groups excluding tert-OH is 3. The van der Waals surface area contributed by atoms with Crippen molar-refractivity contribution in [2.24, 2.45) is 28.9 Å². The number of aliphatic hydroxyl groups is 4. The first-order valence-corrected chi connectivity index (χ1v) is 17.8. The first-order chi connectivity index (χ1) is 24.4. The number of carbonyl (C=O) groups excluding carboxylic acids is 4. The second-order valence-electron chi connectivity index (χ2n) is 15.3. The Labute approximate surface area is 304 Å². The molecule has 5 rings (SSSR count). The molecule has 0 spiro atoms. The number of hydrogen-bond donors (Lipinski definition) is 5. The molecule has 2 fully saturated rings. The third-order valence-electron chi connectivity index (χ3n) is 12.0. The van der Waals surface area contributed by atoms with Gasteiger partial charge in [0.15, 0.2) is 23.3 Å². The van der Waals surface area contributed by atoms with E-state index in [1.54, 1.807) is 88.4 Å². The fourth-order valence-corrected chi connectivity index (χ4v) is 9.04. The minimum absolute atomic E-state index is 0.0503. The van der Waals surface area contributed by atoms with Crippen molar-refractivity contribution in [2.45, 2.75) is 109 Å². The first-order valence-electron chi connectivity index (χ1n) is 17.8. The number of carbonyl (C=O) groups is 4. The van der Waals surface area contributed by atoms with Crippen LogP contribution in [0.1, 0.15) is 82.8 Å². The lowest BCUT2D eigenvalue weighted by atomic mass is 9.48. The Bertz CT molecular complexity index is 1690. The summed E-state index contributed by atoms with van der Waals surface area (Å²) in [4.78, 5) is 53.4. The monoisotopic (exact) mass is 721 g/mol. The third-order valence-corrected chi connectivity index (χ3v) is 12.0. The first kappa shape index (κ1) is 39.4. The molecule has 2 aromatic carbocycles. The fraction of sp³-hybridized carbons (Fsp3) is 0.550. The second kappa shape index (κ2) is 14.9. The number of ether oxygens (including phenoxy) is 3. The van der Waals surface area contributed by atoms with Gasteiger partial charge in [0.2, 0.25) is 0 Å². The minimum Gasteiger partial charge on any atom is -0.456 e. The summed E-state index contributed by atoms with van der Waals surface area (Å²) in [5.41, 5.74) is 2.56. The van der Waals surface area contributed by atoms with Gasteiger partial charge in [0.1, 0.15) is 18.3 Å². The van der Waals surface area contributed by atoms with Crippen LogP contribution in [-0.2, 0) is 28.6 Å². The molecule has 0 bridgehead atoms. The molecule has 11 atom stereocenters. The zero-order valence-electron chi connectivity index (χ0n) is 30.5. The van der Waals surface area contributed by atoms with Crippen LogP contribution in [0.15, 0.2) is 71.8 Å². The zero-order chi connectivity index (χ0) is 38.3. The maximum atomic E-state index is 14.2. The minimum atomic E-state index is -2.08. The maximum absolute atomic E-state index is 14.2. The van der Waals surface area contributed by atoms with E-state index >= 15 is 0 Å². The van der Waals surface area contributed by atoms with Gasteiger partial charge in [0.25, 0.3) is 0 Å². The summed E-state index contributed by atoms with van der Waals surface area (Å²) in [5, 5.41) is 47.4. The van der Waals surface area contributed by atoms with Crippen LogP contribution < -0.4 is 5.73 Å². The van der Waals surface area contributed by atoms with Crippen LogP contribution in [0, 0.1) is 23.2 Å². The molecule has 6 N–H and O–H groups in total. The highest BCUT2D eigenvalue weighted by molar-refractivity contribution is 5.96. The van der Waals surface area contributed by atoms with Crippen LogP contribution in [0.4, 0.5) is 0 Å². The number of rotatable bonds is 12. The average molecular weight is 722 g/mol. The van der Waals surface area contributed by atoms with Crippen LogP contribution in [0.2, 0.25) is 0 Å². The number of Topliss-reactive ketones (excluding diaryl/α,β-unsaturated/α-hetero) is 2. The van der Waals surface area contributed by atoms with Crippen molar-refractivity contribution in [1.82, 2.24) is 0 Å². The standard InChI is InChI=1S/C40H51NO11/c1-21-28(44)18-31-39(20-50-31,52-24(4)43)32(21)27(17-29(45)25-13-9-7-10-14-25)40(49)19-30(22(2)33(38(40,5)6)35(46)23(3)42)51-37(48)36(47)34(41)26-15-11-8-12-16-26/h7-16,21,27-28,30-32,34-36,44,46-47,49H,17-20,41H2,1-6H3/t21-,27-,28-,30-,31+,32?,34-,35-,36+,39-,40+/m0/s1. The molecular formula is C40H51NO11. The van der Waals surface area contributed by atoms with Crippen molar-refractivity contribution in [1.29, 1.82) is 0 Å². The number of ketones is 2. The predicted octanol–water partition coefficient (Wildman–Crippen LogP) is 2.99. The Morgan fingerprint density at radius 3 is 2.13 bits per heavy atom. The van der Waals surface area contributed by atoms with Gasteiger partial charge < -0.3 is 40.4 Å². The van der Waals surface area contributed by atoms with Crippen LogP contribution in [0.5, 0.6) is 0 Å². The molecule has 3 aliphatic rings. The molecule has 0 amide bonds. The number of hydrogen-bond acceptors (Lipinski definition) is 12. The maximum Gasteiger partial charge on any atom is 0.337 e. The lowest BCUT2D eigenvalue weighted by Gasteiger charge is -2.64. The Hall–Kier alpha value is -3.78. The SMILES string of the molecule is CC(=O)O[C@@]12CO[C@@H]1C[C@H](O)[C@H](C)C2[C@H](CC(=O)c1ccccc1)[C@]1(O)C[C@H](OC(=O)[C@H](O)[C@@H](N)c2ccccc2)C(C)=C([C@@H](O)C(C)=O)C1(C)C. The molecule has 1 saturated heterocycles. The number of nitrogens with two attached hydrogens (primary N) is 1. The summed E-state index contributed by atoms with van der Waals surface area (Å²) >= 11 is 0. The molecule has 0 radical (unpaired) electrons. The van der Waals surface area contributed by atoms with Crippen LogP contribution >= 0.6 is 0 Å². The lowest BCUT2D eigenvalue weighted by molar-refractivity contribution is -0.325. The highest BCUT2D eigenvalue weighted by Crippen LogP contribution is 2.61. The van der Waals surface area contributed by atoms with Crippen LogP contribution in [0.3, 0.4) is 0 Å². The molecular weight excluding hydrogens is 670 g/mol. The largest absolute Gasteiger partial charge is 0.456 e. The second-order valence-corrected chi connectivity index (χ2v) is 15.3. The van der Waals surface area contributed by atoms with E-state index < -0.39 is 88.7 Å². The Kier molecular flexibility index (Phi) is 11.3. The van der Waals surface area contributed by atoms with Crippen molar-refractivity contribution in [2.75, 3.05) is 6.61 Å². The van der Waals surface area contributed by atoms with Crippen molar-refractivity contribution in [3.8, 4) is 0 Å². The molecule has 282 valence electrons. The molecule has 12 nitrogen and oxygen atoms in total. The van der Waals surface area contributed by atoms with Crippen LogP contribution in [-0.4, -0.2) is 92.3 Å². The van der Waals surface area contributed by atoms with E-state index in [1.807, 2.05) is 0 Å². The van der Waals surface area contributed by atoms with Gasteiger partial charge in [-0.1, -0.05) is 81.4 Å². The smallest absolute Gasteiger partial charge is 0.337 e. The average Bonchev–Trinajstić information content (AvgIpc) is 3.10. The van der Waals surface area contributed by atoms with Crippen molar-refractivity contribution >= 4 is 23.5 Å².